The Labute approximate surface area is 89.3 Å². The molecular formula is C12H13NS. The maximum absolute atomic E-state index is 5.19. The van der Waals surface area contributed by atoms with Crippen LogP contribution in [0.4, 0.5) is 0 Å². The number of hydrogen-bond donors (Lipinski definition) is 1. The van der Waals surface area contributed by atoms with Crippen LogP contribution in [0.15, 0.2) is 29.2 Å². The summed E-state index contributed by atoms with van der Waals surface area (Å²) in [7, 11) is 0. The van der Waals surface area contributed by atoms with Crippen molar-refractivity contribution >= 4 is 11.8 Å². The Hall–Kier alpha value is -0.910. The predicted octanol–water partition coefficient (Wildman–Crippen LogP) is 2.10. The molecule has 0 aliphatic carbocycles. The van der Waals surface area contributed by atoms with Gasteiger partial charge in [-0.3, -0.25) is 0 Å². The van der Waals surface area contributed by atoms with Crippen LogP contribution < -0.4 is 5.32 Å². The summed E-state index contributed by atoms with van der Waals surface area (Å²) < 4.78 is 0. The molecular weight excluding hydrogens is 190 g/mol. The molecule has 0 fully saturated rings. The summed E-state index contributed by atoms with van der Waals surface area (Å²) in [6.45, 7) is 1.66. The van der Waals surface area contributed by atoms with Gasteiger partial charge in [0, 0.05) is 23.1 Å². The van der Waals surface area contributed by atoms with E-state index in [2.05, 4.69) is 35.5 Å². The quantitative estimate of drug-likeness (QED) is 0.596. The fourth-order valence-electron chi connectivity index (χ4n) is 1.72. The van der Waals surface area contributed by atoms with Crippen LogP contribution in [0.25, 0.3) is 0 Å². The van der Waals surface area contributed by atoms with Crippen LogP contribution in [0.5, 0.6) is 0 Å². The first-order valence-corrected chi connectivity index (χ1v) is 5.76. The zero-order valence-electron chi connectivity index (χ0n) is 7.99. The van der Waals surface area contributed by atoms with Crippen molar-refractivity contribution < 1.29 is 0 Å². The molecule has 1 aliphatic rings. The molecule has 0 amide bonds. The van der Waals surface area contributed by atoms with Gasteiger partial charge in [0.05, 0.1) is 6.54 Å². The lowest BCUT2D eigenvalue weighted by Gasteiger charge is -2.09. The van der Waals surface area contributed by atoms with Gasteiger partial charge in [-0.25, -0.2) is 0 Å². The molecule has 1 atom stereocenters. The molecule has 0 saturated heterocycles. The van der Waals surface area contributed by atoms with E-state index in [0.29, 0.717) is 12.5 Å². The highest BCUT2D eigenvalue weighted by molar-refractivity contribution is 7.99. The van der Waals surface area contributed by atoms with E-state index in [0.717, 1.165) is 6.54 Å². The van der Waals surface area contributed by atoms with E-state index in [9.17, 15) is 0 Å². The molecule has 1 heterocycles. The van der Waals surface area contributed by atoms with Crippen molar-refractivity contribution in [3.05, 3.63) is 29.8 Å². The second-order valence-corrected chi connectivity index (χ2v) is 4.44. The molecule has 14 heavy (non-hydrogen) atoms. The highest BCUT2D eigenvalue weighted by Gasteiger charge is 2.21. The maximum atomic E-state index is 5.19. The van der Waals surface area contributed by atoms with Crippen molar-refractivity contribution in [3.63, 3.8) is 0 Å². The van der Waals surface area contributed by atoms with Gasteiger partial charge < -0.3 is 5.32 Å². The third-order valence-corrected chi connectivity index (χ3v) is 3.67. The Morgan fingerprint density at radius 2 is 2.36 bits per heavy atom. The van der Waals surface area contributed by atoms with Crippen molar-refractivity contribution in [2.24, 2.45) is 0 Å². The monoisotopic (exact) mass is 203 g/mol. The van der Waals surface area contributed by atoms with Crippen LogP contribution in [-0.4, -0.2) is 18.8 Å². The van der Waals surface area contributed by atoms with Crippen LogP contribution in [-0.2, 0) is 0 Å². The topological polar surface area (TPSA) is 12.0 Å². The minimum absolute atomic E-state index is 0.629. The summed E-state index contributed by atoms with van der Waals surface area (Å²) in [6.07, 6.45) is 5.19. The van der Waals surface area contributed by atoms with Gasteiger partial charge in [0.15, 0.2) is 0 Å². The largest absolute Gasteiger partial charge is 0.306 e. The van der Waals surface area contributed by atoms with E-state index in [1.54, 1.807) is 0 Å². The Morgan fingerprint density at radius 3 is 3.21 bits per heavy atom. The van der Waals surface area contributed by atoms with Gasteiger partial charge in [-0.2, -0.15) is 0 Å². The van der Waals surface area contributed by atoms with Gasteiger partial charge >= 0.3 is 0 Å². The summed E-state index contributed by atoms with van der Waals surface area (Å²) >= 11 is 1.94. The van der Waals surface area contributed by atoms with Gasteiger partial charge in [0.1, 0.15) is 0 Å². The Balaban J connectivity index is 2.00. The van der Waals surface area contributed by atoms with Crippen molar-refractivity contribution in [2.75, 3.05) is 18.8 Å². The third kappa shape index (κ3) is 1.95. The van der Waals surface area contributed by atoms with Crippen molar-refractivity contribution in [1.29, 1.82) is 0 Å². The lowest BCUT2D eigenvalue weighted by atomic mass is 10.0. The first kappa shape index (κ1) is 9.64. The first-order valence-electron chi connectivity index (χ1n) is 4.77. The smallest absolute Gasteiger partial charge is 0.0574 e. The van der Waals surface area contributed by atoms with Crippen molar-refractivity contribution in [2.45, 2.75) is 10.8 Å². The molecule has 1 N–H and O–H groups in total. The molecule has 1 unspecified atom stereocenters. The lowest BCUT2D eigenvalue weighted by Crippen LogP contribution is -2.21. The Kier molecular flexibility index (Phi) is 3.13. The van der Waals surface area contributed by atoms with Crippen LogP contribution in [0.3, 0.4) is 0 Å². The Bertz CT molecular complexity index is 354. The maximum Gasteiger partial charge on any atom is 0.0574 e. The molecule has 1 aromatic carbocycles. The zero-order valence-corrected chi connectivity index (χ0v) is 8.81. The van der Waals surface area contributed by atoms with Crippen LogP contribution in [0, 0.1) is 12.3 Å². The first-order chi connectivity index (χ1) is 6.92. The molecule has 1 aliphatic heterocycles. The normalized spacial score (nSPS) is 18.9. The van der Waals surface area contributed by atoms with E-state index >= 15 is 0 Å². The second kappa shape index (κ2) is 4.54. The molecule has 72 valence electrons. The SMILES string of the molecule is C#CCNCC1CSc2ccccc21. The second-order valence-electron chi connectivity index (χ2n) is 3.38. The third-order valence-electron chi connectivity index (χ3n) is 2.42. The zero-order chi connectivity index (χ0) is 9.80. The van der Waals surface area contributed by atoms with Crippen LogP contribution in [0.2, 0.25) is 0 Å². The number of nitrogens with one attached hydrogen (secondary N) is 1. The highest BCUT2D eigenvalue weighted by atomic mass is 32.2. The van der Waals surface area contributed by atoms with Crippen molar-refractivity contribution in [1.82, 2.24) is 5.32 Å². The Morgan fingerprint density at radius 1 is 1.50 bits per heavy atom. The molecule has 2 rings (SSSR count). The van der Waals surface area contributed by atoms with E-state index in [-0.39, 0.29) is 0 Å². The standard InChI is InChI=1S/C12H13NS/c1-2-7-13-8-10-9-14-12-6-4-3-5-11(10)12/h1,3-6,10,13H,7-9H2. The van der Waals surface area contributed by atoms with Crippen molar-refractivity contribution in [3.8, 4) is 12.3 Å². The highest BCUT2D eigenvalue weighted by Crippen LogP contribution is 2.38. The molecule has 1 aromatic rings. The molecule has 0 saturated carbocycles. The summed E-state index contributed by atoms with van der Waals surface area (Å²) in [6, 6.07) is 8.63. The molecule has 0 bridgehead atoms. The summed E-state index contributed by atoms with van der Waals surface area (Å²) in [5, 5.41) is 3.27. The molecule has 0 radical (unpaired) electrons. The van der Waals surface area contributed by atoms with E-state index < -0.39 is 0 Å². The number of benzene rings is 1. The molecule has 2 heteroatoms. The minimum atomic E-state index is 0.629. The summed E-state index contributed by atoms with van der Waals surface area (Å²) in [5.41, 5.74) is 1.47. The summed E-state index contributed by atoms with van der Waals surface area (Å²) in [5.74, 6) is 4.40. The fourth-order valence-corrected chi connectivity index (χ4v) is 2.97. The van der Waals surface area contributed by atoms with Gasteiger partial charge in [-0.15, -0.1) is 18.2 Å². The van der Waals surface area contributed by atoms with E-state index in [1.165, 1.54) is 16.2 Å². The van der Waals surface area contributed by atoms with Crippen LogP contribution in [0.1, 0.15) is 11.5 Å². The average molecular weight is 203 g/mol. The lowest BCUT2D eigenvalue weighted by molar-refractivity contribution is 0.664. The molecule has 0 aromatic heterocycles. The van der Waals surface area contributed by atoms with E-state index in [4.69, 9.17) is 6.42 Å². The number of fused-ring (bicyclic) bond motifs is 1. The number of rotatable bonds is 3. The van der Waals surface area contributed by atoms with Gasteiger partial charge in [0.25, 0.3) is 0 Å². The number of thioether (sulfide) groups is 1. The number of terminal acetylenes is 1. The predicted molar refractivity (Wildman–Crippen MR) is 61.6 cm³/mol. The van der Waals surface area contributed by atoms with E-state index in [1.807, 2.05) is 11.8 Å². The van der Waals surface area contributed by atoms with Crippen LogP contribution >= 0.6 is 11.8 Å². The van der Waals surface area contributed by atoms with Gasteiger partial charge in [-0.05, 0) is 11.6 Å². The molecule has 1 nitrogen and oxygen atoms in total. The van der Waals surface area contributed by atoms with Gasteiger partial charge in [-0.1, -0.05) is 24.1 Å². The summed E-state index contributed by atoms with van der Waals surface area (Å²) in [4.78, 5) is 1.43. The fraction of sp³-hybridized carbons (Fsp3) is 0.333. The van der Waals surface area contributed by atoms with Gasteiger partial charge in [0.2, 0.25) is 0 Å². The minimum Gasteiger partial charge on any atom is -0.306 e. The number of hydrogen-bond acceptors (Lipinski definition) is 2. The molecule has 0 spiro atoms. The average Bonchev–Trinajstić information content (AvgIpc) is 2.63.